The number of amides is 1. The highest BCUT2D eigenvalue weighted by molar-refractivity contribution is 7.89. The Hall–Kier alpha value is -3.37. The van der Waals surface area contributed by atoms with Crippen LogP contribution in [-0.4, -0.2) is 30.4 Å². The minimum atomic E-state index is -3.74. The quantitative estimate of drug-likeness (QED) is 0.580. The number of nitrogens with one attached hydrogen (secondary N) is 1. The molecule has 1 aromatic heterocycles. The van der Waals surface area contributed by atoms with E-state index in [1.165, 1.54) is 53.4 Å². The van der Waals surface area contributed by atoms with E-state index in [9.17, 15) is 22.4 Å². The summed E-state index contributed by atoms with van der Waals surface area (Å²) in [6, 6.07) is 12.9. The molecule has 0 spiro atoms. The van der Waals surface area contributed by atoms with Crippen LogP contribution < -0.4 is 16.0 Å². The topological polar surface area (TPSA) is 124 Å². The van der Waals surface area contributed by atoms with Gasteiger partial charge in [-0.05, 0) is 48.4 Å². The van der Waals surface area contributed by atoms with Gasteiger partial charge in [-0.2, -0.15) is 0 Å². The van der Waals surface area contributed by atoms with Gasteiger partial charge >= 0.3 is 0 Å². The van der Waals surface area contributed by atoms with E-state index in [1.54, 1.807) is 12.1 Å². The Morgan fingerprint density at radius 1 is 1.10 bits per heavy atom. The van der Waals surface area contributed by atoms with Crippen LogP contribution in [0.5, 0.6) is 0 Å². The van der Waals surface area contributed by atoms with E-state index in [2.05, 4.69) is 10.3 Å². The van der Waals surface area contributed by atoms with Gasteiger partial charge < -0.3 is 5.32 Å². The molecule has 156 valence electrons. The van der Waals surface area contributed by atoms with Crippen LogP contribution in [0.3, 0.4) is 0 Å². The predicted octanol–water partition coefficient (Wildman–Crippen LogP) is 1.06. The Bertz CT molecular complexity index is 1210. The lowest BCUT2D eigenvalue weighted by molar-refractivity contribution is -0.121. The number of benzene rings is 2. The number of hydrogen-bond acceptors (Lipinski definition) is 5. The lowest BCUT2D eigenvalue weighted by atomic mass is 10.1. The van der Waals surface area contributed by atoms with Crippen LogP contribution in [0.25, 0.3) is 11.3 Å². The summed E-state index contributed by atoms with van der Waals surface area (Å²) in [6.07, 6.45) is 1.75. The zero-order valence-electron chi connectivity index (χ0n) is 15.8. The Morgan fingerprint density at radius 3 is 2.37 bits per heavy atom. The lowest BCUT2D eigenvalue weighted by Gasteiger charge is -2.08. The summed E-state index contributed by atoms with van der Waals surface area (Å²) in [6.45, 7) is 0.114. The van der Waals surface area contributed by atoms with Crippen molar-refractivity contribution in [3.8, 4) is 11.3 Å². The maximum absolute atomic E-state index is 13.0. The Labute approximate surface area is 172 Å². The first-order valence-electron chi connectivity index (χ1n) is 8.93. The average molecular weight is 430 g/mol. The summed E-state index contributed by atoms with van der Waals surface area (Å²) in [5.41, 5.74) is 1.40. The third-order valence-electron chi connectivity index (χ3n) is 4.32. The lowest BCUT2D eigenvalue weighted by Crippen LogP contribution is -2.33. The number of carbonyl (C=O) groups excluding carboxylic acids is 1. The number of primary sulfonamides is 1. The van der Waals surface area contributed by atoms with Gasteiger partial charge in [0.1, 0.15) is 12.4 Å². The minimum Gasteiger partial charge on any atom is -0.354 e. The maximum Gasteiger partial charge on any atom is 0.254 e. The molecule has 3 rings (SSSR count). The fraction of sp³-hybridized carbons (Fsp3) is 0.150. The molecule has 0 fully saturated rings. The molecule has 3 aromatic rings. The van der Waals surface area contributed by atoms with Gasteiger partial charge in [0, 0.05) is 18.2 Å². The van der Waals surface area contributed by atoms with E-state index < -0.39 is 15.6 Å². The van der Waals surface area contributed by atoms with E-state index in [0.29, 0.717) is 24.2 Å². The molecule has 1 amide bonds. The molecule has 0 saturated carbocycles. The number of carbonyl (C=O) groups is 1. The number of nitrogens with two attached hydrogens (primary N) is 1. The molecule has 30 heavy (non-hydrogen) atoms. The number of rotatable bonds is 7. The Balaban J connectivity index is 1.54. The summed E-state index contributed by atoms with van der Waals surface area (Å²) in [5, 5.41) is 7.74. The second-order valence-electron chi connectivity index (χ2n) is 6.54. The van der Waals surface area contributed by atoms with Crippen molar-refractivity contribution in [1.29, 1.82) is 0 Å². The fourth-order valence-corrected chi connectivity index (χ4v) is 3.24. The molecule has 0 atom stereocenters. The monoisotopic (exact) mass is 430 g/mol. The van der Waals surface area contributed by atoms with E-state index in [-0.39, 0.29) is 23.2 Å². The van der Waals surface area contributed by atoms with Crippen LogP contribution in [0, 0.1) is 5.82 Å². The minimum absolute atomic E-state index is 0.0197. The summed E-state index contributed by atoms with van der Waals surface area (Å²) in [7, 11) is -3.74. The van der Waals surface area contributed by atoms with Crippen LogP contribution in [-0.2, 0) is 27.8 Å². The first-order chi connectivity index (χ1) is 14.2. The third kappa shape index (κ3) is 5.58. The second-order valence-corrected chi connectivity index (χ2v) is 8.10. The van der Waals surface area contributed by atoms with Crippen LogP contribution >= 0.6 is 0 Å². The molecule has 0 bridgehead atoms. The van der Waals surface area contributed by atoms with Gasteiger partial charge in [0.05, 0.1) is 16.9 Å². The van der Waals surface area contributed by atoms with E-state index in [4.69, 9.17) is 5.14 Å². The third-order valence-corrected chi connectivity index (χ3v) is 5.25. The molecule has 8 nitrogen and oxygen atoms in total. The molecule has 0 saturated heterocycles. The van der Waals surface area contributed by atoms with Gasteiger partial charge in [-0.15, -0.1) is 0 Å². The maximum atomic E-state index is 13.0. The van der Waals surface area contributed by atoms with E-state index >= 15 is 0 Å². The molecular weight excluding hydrogens is 411 g/mol. The van der Waals surface area contributed by atoms with Crippen molar-refractivity contribution in [2.75, 3.05) is 6.54 Å². The van der Waals surface area contributed by atoms with Crippen LogP contribution in [0.15, 0.2) is 70.6 Å². The molecule has 2 aromatic carbocycles. The molecule has 10 heteroatoms. The number of sulfonamides is 1. The van der Waals surface area contributed by atoms with Gasteiger partial charge in [-0.25, -0.2) is 22.9 Å². The highest BCUT2D eigenvalue weighted by atomic mass is 32.2. The second kappa shape index (κ2) is 8.97. The largest absolute Gasteiger partial charge is 0.354 e. The summed E-state index contributed by atoms with van der Waals surface area (Å²) >= 11 is 0. The molecule has 0 unspecified atom stereocenters. The van der Waals surface area contributed by atoms with E-state index in [1.807, 2.05) is 0 Å². The first kappa shape index (κ1) is 21.3. The van der Waals surface area contributed by atoms with Crippen LogP contribution in [0.4, 0.5) is 4.39 Å². The number of nitrogens with zero attached hydrogens (tertiary/aromatic N) is 2. The zero-order valence-corrected chi connectivity index (χ0v) is 16.6. The Morgan fingerprint density at radius 2 is 1.77 bits per heavy atom. The molecule has 0 aliphatic carbocycles. The summed E-state index contributed by atoms with van der Waals surface area (Å²) in [5.74, 6) is -0.751. The van der Waals surface area contributed by atoms with Gasteiger partial charge in [-0.3, -0.25) is 14.2 Å². The Kier molecular flexibility index (Phi) is 6.38. The molecule has 3 N–H and O–H groups in total. The number of hydrogen-bond donors (Lipinski definition) is 2. The van der Waals surface area contributed by atoms with Crippen molar-refractivity contribution in [3.05, 3.63) is 82.7 Å². The average Bonchev–Trinajstić information content (AvgIpc) is 2.70. The molecule has 1 heterocycles. The normalized spacial score (nSPS) is 11.3. The van der Waals surface area contributed by atoms with Crippen molar-refractivity contribution < 1.29 is 17.6 Å². The van der Waals surface area contributed by atoms with Gasteiger partial charge in [-0.1, -0.05) is 12.1 Å². The van der Waals surface area contributed by atoms with Crippen molar-refractivity contribution >= 4 is 15.9 Å². The van der Waals surface area contributed by atoms with Crippen molar-refractivity contribution in [2.24, 2.45) is 5.14 Å². The molecule has 0 radical (unpaired) electrons. The highest BCUT2D eigenvalue weighted by Crippen LogP contribution is 2.15. The molecule has 0 aliphatic rings. The van der Waals surface area contributed by atoms with Crippen molar-refractivity contribution in [3.63, 3.8) is 0 Å². The number of aromatic nitrogens is 2. The van der Waals surface area contributed by atoms with Crippen LogP contribution in [0.1, 0.15) is 5.56 Å². The SMILES string of the molecule is NS(=O)(=O)c1ccc(CCNC(=O)Cn2cnc(-c3ccc(F)cc3)cc2=O)cc1. The van der Waals surface area contributed by atoms with Gasteiger partial charge in [0.2, 0.25) is 15.9 Å². The van der Waals surface area contributed by atoms with Crippen LogP contribution in [0.2, 0.25) is 0 Å². The van der Waals surface area contributed by atoms with Gasteiger partial charge in [0.25, 0.3) is 5.56 Å². The van der Waals surface area contributed by atoms with Crippen molar-refractivity contribution in [1.82, 2.24) is 14.9 Å². The smallest absolute Gasteiger partial charge is 0.254 e. The molecule has 0 aliphatic heterocycles. The van der Waals surface area contributed by atoms with Gasteiger partial charge in [0.15, 0.2) is 0 Å². The predicted molar refractivity (Wildman–Crippen MR) is 108 cm³/mol. The van der Waals surface area contributed by atoms with Crippen molar-refractivity contribution in [2.45, 2.75) is 17.9 Å². The fourth-order valence-electron chi connectivity index (χ4n) is 2.73. The zero-order chi connectivity index (χ0) is 21.7. The van der Waals surface area contributed by atoms with E-state index in [0.717, 1.165) is 5.56 Å². The summed E-state index contributed by atoms with van der Waals surface area (Å²) < 4.78 is 36.6. The highest BCUT2D eigenvalue weighted by Gasteiger charge is 2.09. The first-order valence-corrected chi connectivity index (χ1v) is 10.5. The number of halogens is 1. The standard InChI is InChI=1S/C20H19FN4O4S/c21-16-5-3-15(4-6-16)18-11-20(27)25(13-24-18)12-19(26)23-10-9-14-1-7-17(8-2-14)30(22,28)29/h1-8,11,13H,9-10,12H2,(H,23,26)(H2,22,28,29). The molecular formula is C20H19FN4O4S. The summed E-state index contributed by atoms with van der Waals surface area (Å²) in [4.78, 5) is 28.5.